The topological polar surface area (TPSA) is 237 Å². The van der Waals surface area contributed by atoms with Crippen molar-refractivity contribution in [2.45, 2.75) is 362 Å². The summed E-state index contributed by atoms with van der Waals surface area (Å²) in [4.78, 5) is 72.2. The Balaban J connectivity index is 5.17. The molecule has 17 nitrogen and oxygen atoms in total. The summed E-state index contributed by atoms with van der Waals surface area (Å²) >= 11 is 0. The van der Waals surface area contributed by atoms with E-state index in [1.54, 1.807) is 0 Å². The summed E-state index contributed by atoms with van der Waals surface area (Å²) in [6.07, 6.45) is 44.8. The van der Waals surface area contributed by atoms with Crippen molar-refractivity contribution >= 4 is 39.5 Å². The molecule has 0 aromatic carbocycles. The van der Waals surface area contributed by atoms with Crippen LogP contribution in [0.3, 0.4) is 0 Å². The van der Waals surface area contributed by atoms with Gasteiger partial charge >= 0.3 is 39.5 Å². The Labute approximate surface area is 530 Å². The summed E-state index contributed by atoms with van der Waals surface area (Å²) in [5.74, 6) is -0.626. The van der Waals surface area contributed by atoms with Crippen LogP contribution in [0.1, 0.15) is 343 Å². The quantitative estimate of drug-likeness (QED) is 0.0222. The highest BCUT2D eigenvalue weighted by Crippen LogP contribution is 2.45. The number of rotatable bonds is 67. The molecule has 0 aliphatic carbocycles. The highest BCUT2D eigenvalue weighted by molar-refractivity contribution is 7.47. The van der Waals surface area contributed by atoms with Gasteiger partial charge < -0.3 is 33.8 Å². The highest BCUT2D eigenvalue weighted by Gasteiger charge is 2.30. The van der Waals surface area contributed by atoms with Gasteiger partial charge in [0, 0.05) is 25.7 Å². The molecule has 0 aromatic heterocycles. The van der Waals surface area contributed by atoms with E-state index in [4.69, 9.17) is 37.0 Å². The number of unbranched alkanes of at least 4 members (excludes halogenated alkanes) is 37. The number of phosphoric ester groups is 2. The van der Waals surface area contributed by atoms with Crippen LogP contribution in [0.15, 0.2) is 0 Å². The molecule has 0 heterocycles. The van der Waals surface area contributed by atoms with Crippen LogP contribution in [0, 0.1) is 11.8 Å². The number of carbonyl (C=O) groups is 4. The van der Waals surface area contributed by atoms with Crippen LogP contribution in [0.5, 0.6) is 0 Å². The molecule has 2 unspecified atom stereocenters. The molecular formula is C68H132O17P2. The Kier molecular flexibility index (Phi) is 59.0. The second-order valence-corrected chi connectivity index (χ2v) is 28.4. The summed E-state index contributed by atoms with van der Waals surface area (Å²) in [5, 5.41) is 10.5. The Bertz CT molecular complexity index is 1700. The lowest BCUT2D eigenvalue weighted by Gasteiger charge is -2.21. The Hall–Kier alpha value is -1.94. The fraction of sp³-hybridized carbons (Fsp3) is 0.941. The number of aliphatic hydroxyl groups excluding tert-OH is 1. The molecule has 5 atom stereocenters. The average Bonchev–Trinajstić information content (AvgIpc) is 3.69. The molecule has 0 saturated heterocycles. The van der Waals surface area contributed by atoms with Crippen molar-refractivity contribution in [1.82, 2.24) is 0 Å². The summed E-state index contributed by atoms with van der Waals surface area (Å²) in [7, 11) is -9.89. The predicted octanol–water partition coefficient (Wildman–Crippen LogP) is 19.2. The summed E-state index contributed by atoms with van der Waals surface area (Å²) in [6.45, 7) is 9.43. The lowest BCUT2D eigenvalue weighted by molar-refractivity contribution is -0.161. The lowest BCUT2D eigenvalue weighted by atomic mass is 10.0. The number of carbonyl (C=O) groups excluding carboxylic acids is 4. The molecule has 0 saturated carbocycles. The fourth-order valence-electron chi connectivity index (χ4n) is 10.2. The first kappa shape index (κ1) is 85.1. The van der Waals surface area contributed by atoms with Crippen molar-refractivity contribution in [3.63, 3.8) is 0 Å². The van der Waals surface area contributed by atoms with Crippen molar-refractivity contribution in [1.29, 1.82) is 0 Å². The van der Waals surface area contributed by atoms with Gasteiger partial charge in [0.15, 0.2) is 12.2 Å². The Morgan fingerprint density at radius 1 is 0.310 bits per heavy atom. The number of hydrogen-bond acceptors (Lipinski definition) is 15. The SMILES string of the molecule is CCCCCCCCCCCCCCCCCCC(=O)O[C@H](COC(=O)CCCCCCCCCCCCC(C)C)COP(=O)(O)OC[C@@H](O)COP(=O)(O)OC[C@@H](COC(=O)CCCCCCC)OC(=O)CCCCCCCCCCCCC(C)C. The Morgan fingerprint density at radius 2 is 0.529 bits per heavy atom. The van der Waals surface area contributed by atoms with E-state index in [0.29, 0.717) is 25.7 Å². The normalized spacial score (nSPS) is 14.2. The van der Waals surface area contributed by atoms with E-state index in [9.17, 15) is 43.2 Å². The van der Waals surface area contributed by atoms with Gasteiger partial charge in [-0.25, -0.2) is 9.13 Å². The third kappa shape index (κ3) is 62.6. The van der Waals surface area contributed by atoms with E-state index in [1.165, 1.54) is 154 Å². The molecule has 0 aromatic rings. The number of aliphatic hydroxyl groups is 1. The molecule has 0 aliphatic heterocycles. The zero-order valence-corrected chi connectivity index (χ0v) is 58.1. The largest absolute Gasteiger partial charge is 0.472 e. The molecule has 0 bridgehead atoms. The minimum atomic E-state index is -4.95. The fourth-order valence-corrected chi connectivity index (χ4v) is 11.8. The summed E-state index contributed by atoms with van der Waals surface area (Å²) in [6, 6.07) is 0. The molecule has 0 spiro atoms. The summed E-state index contributed by atoms with van der Waals surface area (Å²) < 4.78 is 68.0. The maximum atomic E-state index is 13.0. The van der Waals surface area contributed by atoms with Crippen LogP contribution in [0.2, 0.25) is 0 Å². The lowest BCUT2D eigenvalue weighted by Crippen LogP contribution is -2.30. The molecule has 0 radical (unpaired) electrons. The van der Waals surface area contributed by atoms with Gasteiger partial charge in [-0.2, -0.15) is 0 Å². The van der Waals surface area contributed by atoms with Crippen molar-refractivity contribution in [2.75, 3.05) is 39.6 Å². The van der Waals surface area contributed by atoms with Crippen molar-refractivity contribution in [2.24, 2.45) is 11.8 Å². The molecule has 0 rings (SSSR count). The number of ether oxygens (including phenoxy) is 4. The van der Waals surface area contributed by atoms with Crippen molar-refractivity contribution < 1.29 is 80.2 Å². The molecule has 0 fully saturated rings. The zero-order chi connectivity index (χ0) is 64.3. The average molecular weight is 1280 g/mol. The van der Waals surface area contributed by atoms with Crippen molar-refractivity contribution in [3.8, 4) is 0 Å². The van der Waals surface area contributed by atoms with E-state index in [1.807, 2.05) is 0 Å². The summed E-state index contributed by atoms with van der Waals surface area (Å²) in [5.41, 5.74) is 0. The second kappa shape index (κ2) is 60.3. The number of phosphoric acid groups is 2. The minimum Gasteiger partial charge on any atom is -0.462 e. The first-order valence-corrected chi connectivity index (χ1v) is 38.5. The first-order chi connectivity index (χ1) is 41.9. The first-order valence-electron chi connectivity index (χ1n) is 35.5. The van der Waals surface area contributed by atoms with E-state index in [-0.39, 0.29) is 25.7 Å². The van der Waals surface area contributed by atoms with Crippen LogP contribution < -0.4 is 0 Å². The van der Waals surface area contributed by atoms with Crippen LogP contribution >= 0.6 is 15.6 Å². The molecule has 19 heteroatoms. The third-order valence-electron chi connectivity index (χ3n) is 15.7. The van der Waals surface area contributed by atoms with Gasteiger partial charge in [0.1, 0.15) is 19.3 Å². The minimum absolute atomic E-state index is 0.105. The zero-order valence-electron chi connectivity index (χ0n) is 56.3. The maximum absolute atomic E-state index is 13.0. The molecular weight excluding hydrogens is 1150 g/mol. The van der Waals surface area contributed by atoms with E-state index >= 15 is 0 Å². The molecule has 0 aliphatic rings. The highest BCUT2D eigenvalue weighted by atomic mass is 31.2. The van der Waals surface area contributed by atoms with Gasteiger partial charge in [0.25, 0.3) is 0 Å². The number of esters is 4. The van der Waals surface area contributed by atoms with Crippen LogP contribution in [0.4, 0.5) is 0 Å². The van der Waals surface area contributed by atoms with E-state index in [0.717, 1.165) is 108 Å². The molecule has 516 valence electrons. The van der Waals surface area contributed by atoms with Crippen LogP contribution in [-0.2, 0) is 65.4 Å². The molecule has 0 amide bonds. The number of hydrogen-bond donors (Lipinski definition) is 3. The van der Waals surface area contributed by atoms with Gasteiger partial charge in [0.2, 0.25) is 0 Å². The molecule has 3 N–H and O–H groups in total. The van der Waals surface area contributed by atoms with E-state index in [2.05, 4.69) is 41.5 Å². The Morgan fingerprint density at radius 3 is 0.782 bits per heavy atom. The monoisotopic (exact) mass is 1280 g/mol. The standard InChI is InChI=1S/C68H132O17P2/c1-7-9-11-13-14-15-16-17-18-19-20-21-29-34-40-46-52-68(73)85-64(57-79-66(71)51-45-39-33-28-24-22-26-31-37-42-48-60(3)4)59-83-87(76,77)81-55-62(69)54-80-86(74,75)82-58-63(56-78-65(70)50-44-36-12-10-8-2)84-67(72)53-47-41-35-30-25-23-27-32-38-43-49-61(5)6/h60-64,69H,7-59H2,1-6H3,(H,74,75)(H,76,77)/t62-,63+,64+/m0/s1. The van der Waals surface area contributed by atoms with E-state index < -0.39 is 97.5 Å². The van der Waals surface area contributed by atoms with Gasteiger partial charge in [-0.05, 0) is 37.5 Å². The maximum Gasteiger partial charge on any atom is 0.472 e. The molecule has 87 heavy (non-hydrogen) atoms. The smallest absolute Gasteiger partial charge is 0.462 e. The predicted molar refractivity (Wildman–Crippen MR) is 349 cm³/mol. The van der Waals surface area contributed by atoms with Crippen LogP contribution in [0.25, 0.3) is 0 Å². The van der Waals surface area contributed by atoms with Gasteiger partial charge in [-0.15, -0.1) is 0 Å². The van der Waals surface area contributed by atoms with Crippen molar-refractivity contribution in [3.05, 3.63) is 0 Å². The second-order valence-electron chi connectivity index (χ2n) is 25.5. The van der Waals surface area contributed by atoms with Gasteiger partial charge in [-0.1, -0.05) is 292 Å². The third-order valence-corrected chi connectivity index (χ3v) is 17.6. The van der Waals surface area contributed by atoms with Gasteiger partial charge in [-0.3, -0.25) is 37.3 Å². The van der Waals surface area contributed by atoms with Crippen LogP contribution in [-0.4, -0.2) is 96.7 Å². The van der Waals surface area contributed by atoms with Gasteiger partial charge in [0.05, 0.1) is 26.4 Å².